The maximum atomic E-state index is 13.3. The summed E-state index contributed by atoms with van der Waals surface area (Å²) in [5.74, 6) is -0.0996. The van der Waals surface area contributed by atoms with Crippen LogP contribution in [0.25, 0.3) is 0 Å². The summed E-state index contributed by atoms with van der Waals surface area (Å²) in [6.07, 6.45) is 4.45. The van der Waals surface area contributed by atoms with Gasteiger partial charge in [0.25, 0.3) is 5.91 Å². The molecule has 3 unspecified atom stereocenters. The molecule has 2 aromatic carbocycles. The monoisotopic (exact) mass is 351 g/mol. The van der Waals surface area contributed by atoms with Crippen LogP contribution in [0.15, 0.2) is 48.5 Å². The lowest BCUT2D eigenvalue weighted by molar-refractivity contribution is 0.0606. The molecule has 1 saturated carbocycles. The number of benzene rings is 2. The SMILES string of the molecule is O=C1c2ccccc2N(Cc2ccc(F)cc2)C2NC3CCCCC3N12. The molecular formula is C21H22FN3O. The molecule has 2 fully saturated rings. The van der Waals surface area contributed by atoms with Crippen LogP contribution < -0.4 is 10.2 Å². The lowest BCUT2D eigenvalue weighted by Crippen LogP contribution is -2.57. The third-order valence-corrected chi connectivity index (χ3v) is 5.95. The molecule has 5 heteroatoms. The minimum Gasteiger partial charge on any atom is -0.334 e. The van der Waals surface area contributed by atoms with Crippen molar-refractivity contribution in [2.45, 2.75) is 50.6 Å². The smallest absolute Gasteiger partial charge is 0.258 e. The maximum absolute atomic E-state index is 13.3. The highest BCUT2D eigenvalue weighted by atomic mass is 19.1. The fourth-order valence-electron chi connectivity index (χ4n) is 4.73. The van der Waals surface area contributed by atoms with Crippen LogP contribution >= 0.6 is 0 Å². The molecule has 2 aromatic rings. The van der Waals surface area contributed by atoms with Crippen LogP contribution in [-0.4, -0.2) is 29.2 Å². The average Bonchev–Trinajstić information content (AvgIpc) is 3.06. The lowest BCUT2D eigenvalue weighted by Gasteiger charge is -2.43. The van der Waals surface area contributed by atoms with E-state index in [0.29, 0.717) is 12.6 Å². The second-order valence-electron chi connectivity index (χ2n) is 7.48. The number of amides is 1. The first-order valence-corrected chi connectivity index (χ1v) is 9.41. The highest BCUT2D eigenvalue weighted by Crippen LogP contribution is 2.39. The third-order valence-electron chi connectivity index (χ3n) is 5.95. The molecule has 134 valence electrons. The van der Waals surface area contributed by atoms with Gasteiger partial charge in [0.15, 0.2) is 6.29 Å². The number of anilines is 1. The number of hydrogen-bond donors (Lipinski definition) is 1. The van der Waals surface area contributed by atoms with E-state index in [9.17, 15) is 9.18 Å². The van der Waals surface area contributed by atoms with Crippen molar-refractivity contribution in [3.05, 3.63) is 65.5 Å². The topological polar surface area (TPSA) is 35.6 Å². The zero-order valence-corrected chi connectivity index (χ0v) is 14.6. The van der Waals surface area contributed by atoms with Crippen molar-refractivity contribution in [3.63, 3.8) is 0 Å². The van der Waals surface area contributed by atoms with Gasteiger partial charge in [-0.3, -0.25) is 10.1 Å². The number of nitrogens with zero attached hydrogens (tertiary/aromatic N) is 2. The average molecular weight is 351 g/mol. The summed E-state index contributed by atoms with van der Waals surface area (Å²) in [7, 11) is 0. The zero-order chi connectivity index (χ0) is 17.7. The van der Waals surface area contributed by atoms with E-state index < -0.39 is 0 Å². The number of hydrogen-bond acceptors (Lipinski definition) is 3. The van der Waals surface area contributed by atoms with Gasteiger partial charge in [0.1, 0.15) is 5.82 Å². The first kappa shape index (κ1) is 15.8. The quantitative estimate of drug-likeness (QED) is 0.900. The number of para-hydroxylation sites is 1. The molecule has 1 aliphatic carbocycles. The molecule has 2 aliphatic heterocycles. The van der Waals surface area contributed by atoms with Crippen LogP contribution in [0.2, 0.25) is 0 Å². The van der Waals surface area contributed by atoms with Crippen LogP contribution in [0, 0.1) is 5.82 Å². The largest absolute Gasteiger partial charge is 0.334 e. The van der Waals surface area contributed by atoms with Crippen LogP contribution in [-0.2, 0) is 6.54 Å². The van der Waals surface area contributed by atoms with Crippen LogP contribution in [0.5, 0.6) is 0 Å². The molecule has 0 radical (unpaired) electrons. The molecule has 26 heavy (non-hydrogen) atoms. The molecular weight excluding hydrogens is 329 g/mol. The fraction of sp³-hybridized carbons (Fsp3) is 0.381. The van der Waals surface area contributed by atoms with Gasteiger partial charge in [0, 0.05) is 12.6 Å². The number of halogens is 1. The molecule has 1 N–H and O–H groups in total. The van der Waals surface area contributed by atoms with Gasteiger partial charge in [-0.2, -0.15) is 0 Å². The Morgan fingerprint density at radius 2 is 1.81 bits per heavy atom. The molecule has 5 rings (SSSR count). The van der Waals surface area contributed by atoms with Crippen LogP contribution in [0.4, 0.5) is 10.1 Å². The molecule has 1 saturated heterocycles. The maximum Gasteiger partial charge on any atom is 0.258 e. The standard InChI is InChI=1S/C21H22FN3O/c22-15-11-9-14(10-12-15)13-24-18-7-3-1-5-16(18)20(26)25-19-8-4-2-6-17(19)23-21(24)25/h1,3,5,7,9-12,17,19,21,23H,2,4,6,8,13H2. The van der Waals surface area contributed by atoms with E-state index in [2.05, 4.69) is 15.1 Å². The van der Waals surface area contributed by atoms with Crippen molar-refractivity contribution >= 4 is 11.6 Å². The first-order chi connectivity index (χ1) is 12.7. The Morgan fingerprint density at radius 1 is 1.04 bits per heavy atom. The summed E-state index contributed by atoms with van der Waals surface area (Å²) < 4.78 is 13.3. The van der Waals surface area contributed by atoms with Crippen LogP contribution in [0.1, 0.15) is 41.6 Å². The van der Waals surface area contributed by atoms with Crippen molar-refractivity contribution in [1.82, 2.24) is 10.2 Å². The molecule has 0 aromatic heterocycles. The molecule has 3 aliphatic rings. The summed E-state index contributed by atoms with van der Waals surface area (Å²) in [6.45, 7) is 0.637. The van der Waals surface area contributed by atoms with Crippen molar-refractivity contribution in [2.75, 3.05) is 4.90 Å². The normalized spacial score (nSPS) is 27.1. The van der Waals surface area contributed by atoms with Crippen LogP contribution in [0.3, 0.4) is 0 Å². The highest BCUT2D eigenvalue weighted by Gasteiger charge is 2.49. The van der Waals surface area contributed by atoms with Crippen molar-refractivity contribution in [1.29, 1.82) is 0 Å². The molecule has 3 atom stereocenters. The molecule has 2 heterocycles. The Labute approximate surface area is 152 Å². The van der Waals surface area contributed by atoms with Gasteiger partial charge in [-0.05, 0) is 42.7 Å². The Bertz CT molecular complexity index is 837. The molecule has 0 bridgehead atoms. The highest BCUT2D eigenvalue weighted by molar-refractivity contribution is 6.02. The van der Waals surface area contributed by atoms with E-state index in [0.717, 1.165) is 29.7 Å². The number of fused-ring (bicyclic) bond motifs is 4. The predicted molar refractivity (Wildman–Crippen MR) is 98.2 cm³/mol. The number of carbonyl (C=O) groups is 1. The number of nitrogens with one attached hydrogen (secondary N) is 1. The number of carbonyl (C=O) groups excluding carboxylic acids is 1. The first-order valence-electron chi connectivity index (χ1n) is 9.41. The summed E-state index contributed by atoms with van der Waals surface area (Å²) in [5.41, 5.74) is 2.75. The van der Waals surface area contributed by atoms with Gasteiger partial charge < -0.3 is 9.80 Å². The van der Waals surface area contributed by atoms with Gasteiger partial charge in [-0.15, -0.1) is 0 Å². The molecule has 4 nitrogen and oxygen atoms in total. The lowest BCUT2D eigenvalue weighted by atomic mass is 9.90. The Balaban J connectivity index is 1.56. The van der Waals surface area contributed by atoms with E-state index >= 15 is 0 Å². The van der Waals surface area contributed by atoms with E-state index in [4.69, 9.17) is 0 Å². The summed E-state index contributed by atoms with van der Waals surface area (Å²) in [6, 6.07) is 15.1. The molecule has 0 spiro atoms. The summed E-state index contributed by atoms with van der Waals surface area (Å²) in [4.78, 5) is 17.5. The van der Waals surface area contributed by atoms with Crippen molar-refractivity contribution < 1.29 is 9.18 Å². The fourth-order valence-corrected chi connectivity index (χ4v) is 4.73. The van der Waals surface area contributed by atoms with Gasteiger partial charge in [-0.25, -0.2) is 4.39 Å². The Kier molecular flexibility index (Phi) is 3.71. The summed E-state index contributed by atoms with van der Waals surface area (Å²) >= 11 is 0. The Morgan fingerprint density at radius 3 is 2.65 bits per heavy atom. The minimum atomic E-state index is -0.227. The number of rotatable bonds is 2. The van der Waals surface area contributed by atoms with Crippen molar-refractivity contribution in [3.8, 4) is 0 Å². The van der Waals surface area contributed by atoms with Gasteiger partial charge in [0.2, 0.25) is 0 Å². The van der Waals surface area contributed by atoms with E-state index in [1.165, 1.54) is 25.0 Å². The van der Waals surface area contributed by atoms with E-state index in [1.54, 1.807) is 0 Å². The predicted octanol–water partition coefficient (Wildman–Crippen LogP) is 3.49. The second-order valence-corrected chi connectivity index (χ2v) is 7.48. The van der Waals surface area contributed by atoms with Crippen molar-refractivity contribution in [2.24, 2.45) is 0 Å². The van der Waals surface area contributed by atoms with E-state index in [1.807, 2.05) is 36.4 Å². The van der Waals surface area contributed by atoms with E-state index in [-0.39, 0.29) is 24.1 Å². The third kappa shape index (κ3) is 2.42. The molecule has 1 amide bonds. The zero-order valence-electron chi connectivity index (χ0n) is 14.6. The van der Waals surface area contributed by atoms with Gasteiger partial charge in [0.05, 0.1) is 17.3 Å². The van der Waals surface area contributed by atoms with Gasteiger partial charge >= 0.3 is 0 Å². The Hall–Kier alpha value is -2.40. The summed E-state index contributed by atoms with van der Waals surface area (Å²) in [5, 5.41) is 3.70. The van der Waals surface area contributed by atoms with Gasteiger partial charge in [-0.1, -0.05) is 37.1 Å². The second kappa shape index (κ2) is 6.09. The minimum absolute atomic E-state index is 0.128.